The predicted molar refractivity (Wildman–Crippen MR) is 89.3 cm³/mol. The highest BCUT2D eigenvalue weighted by Crippen LogP contribution is 2.34. The molecule has 6 nitrogen and oxygen atoms in total. The molecule has 2 aliphatic heterocycles. The summed E-state index contributed by atoms with van der Waals surface area (Å²) in [5.74, 6) is 0.237. The first-order chi connectivity index (χ1) is 12.2. The quantitative estimate of drug-likeness (QED) is 0.844. The highest BCUT2D eigenvalue weighted by atomic mass is 19.1. The van der Waals surface area contributed by atoms with Crippen molar-refractivity contribution < 1.29 is 13.9 Å². The molecule has 2 fully saturated rings. The molecule has 0 N–H and O–H groups in total. The monoisotopic (exact) mass is 346 g/mol. The van der Waals surface area contributed by atoms with Gasteiger partial charge in [-0.15, -0.1) is 10.2 Å². The van der Waals surface area contributed by atoms with E-state index < -0.39 is 0 Å². The number of nitrogens with zero attached hydrogens (tertiary/aromatic N) is 4. The van der Waals surface area contributed by atoms with Crippen molar-refractivity contribution in [2.24, 2.45) is 5.92 Å². The molecule has 134 valence electrons. The average Bonchev–Trinajstić information content (AvgIpc) is 3.20. The van der Waals surface area contributed by atoms with Crippen LogP contribution in [0.5, 0.6) is 0 Å². The van der Waals surface area contributed by atoms with Crippen LogP contribution in [0.15, 0.2) is 36.9 Å². The van der Waals surface area contributed by atoms with Gasteiger partial charge in [0.05, 0.1) is 19.8 Å². The summed E-state index contributed by atoms with van der Waals surface area (Å²) in [6.07, 6.45) is 4.45. The first kappa shape index (κ1) is 16.6. The smallest absolute Gasteiger partial charge is 0.123 e. The highest BCUT2D eigenvalue weighted by molar-refractivity contribution is 5.16. The molecule has 7 heteroatoms. The third-order valence-electron chi connectivity index (χ3n) is 4.97. The largest absolute Gasteiger partial charge is 0.377 e. The zero-order valence-electron chi connectivity index (χ0n) is 14.2. The molecule has 0 radical (unpaired) electrons. The molecule has 0 bridgehead atoms. The molecular formula is C18H23FN4O2. The molecule has 2 atom stereocenters. The van der Waals surface area contributed by atoms with E-state index in [4.69, 9.17) is 9.47 Å². The van der Waals surface area contributed by atoms with Crippen LogP contribution < -0.4 is 0 Å². The van der Waals surface area contributed by atoms with Crippen LogP contribution in [0.2, 0.25) is 0 Å². The summed E-state index contributed by atoms with van der Waals surface area (Å²) in [6, 6.07) is 6.72. The molecule has 0 amide bonds. The van der Waals surface area contributed by atoms with Crippen LogP contribution in [0.1, 0.15) is 12.0 Å². The number of halogens is 1. The standard InChI is InChI=1S/C18H23FN4O2/c19-17-3-1-15(2-4-17)8-22-5-6-24-12-18(11-22)7-16(10-25-18)9-23-13-20-21-14-23/h1-4,13-14,16H,5-12H2. The fourth-order valence-electron chi connectivity index (χ4n) is 3.85. The highest BCUT2D eigenvalue weighted by Gasteiger charge is 2.43. The lowest BCUT2D eigenvalue weighted by atomic mass is 9.94. The van der Waals surface area contributed by atoms with Crippen molar-refractivity contribution in [3.8, 4) is 0 Å². The average molecular weight is 346 g/mol. The Morgan fingerprint density at radius 3 is 2.80 bits per heavy atom. The summed E-state index contributed by atoms with van der Waals surface area (Å²) in [7, 11) is 0. The molecule has 1 spiro atoms. The van der Waals surface area contributed by atoms with Gasteiger partial charge in [-0.2, -0.15) is 0 Å². The maximum atomic E-state index is 13.1. The molecule has 2 saturated heterocycles. The number of hydrogen-bond donors (Lipinski definition) is 0. The summed E-state index contributed by atoms with van der Waals surface area (Å²) in [6.45, 7) is 5.40. The van der Waals surface area contributed by atoms with Crippen LogP contribution in [0.3, 0.4) is 0 Å². The van der Waals surface area contributed by atoms with Gasteiger partial charge >= 0.3 is 0 Å². The fraction of sp³-hybridized carbons (Fsp3) is 0.556. The molecule has 3 heterocycles. The molecule has 2 unspecified atom stereocenters. The number of ether oxygens (including phenoxy) is 2. The Balaban J connectivity index is 1.40. The summed E-state index contributed by atoms with van der Waals surface area (Å²) < 4.78 is 27.2. The van der Waals surface area contributed by atoms with Crippen molar-refractivity contribution in [1.82, 2.24) is 19.7 Å². The lowest BCUT2D eigenvalue weighted by Gasteiger charge is -2.31. The van der Waals surface area contributed by atoms with Crippen LogP contribution in [0.25, 0.3) is 0 Å². The van der Waals surface area contributed by atoms with E-state index in [9.17, 15) is 4.39 Å². The van der Waals surface area contributed by atoms with Crippen molar-refractivity contribution in [3.63, 3.8) is 0 Å². The Hall–Kier alpha value is -1.83. The van der Waals surface area contributed by atoms with E-state index in [1.807, 2.05) is 16.7 Å². The minimum absolute atomic E-state index is 0.199. The van der Waals surface area contributed by atoms with Gasteiger partial charge in [0, 0.05) is 32.1 Å². The number of benzene rings is 1. The minimum atomic E-state index is -0.255. The summed E-state index contributed by atoms with van der Waals surface area (Å²) >= 11 is 0. The summed E-state index contributed by atoms with van der Waals surface area (Å²) in [5, 5.41) is 7.72. The maximum absolute atomic E-state index is 13.1. The maximum Gasteiger partial charge on any atom is 0.123 e. The second-order valence-corrected chi connectivity index (χ2v) is 7.11. The molecule has 4 rings (SSSR count). The van der Waals surface area contributed by atoms with Gasteiger partial charge in [-0.1, -0.05) is 12.1 Å². The Bertz CT molecular complexity index is 679. The third kappa shape index (κ3) is 4.05. The van der Waals surface area contributed by atoms with E-state index in [-0.39, 0.29) is 11.4 Å². The first-order valence-corrected chi connectivity index (χ1v) is 8.72. The van der Waals surface area contributed by atoms with E-state index >= 15 is 0 Å². The van der Waals surface area contributed by atoms with Gasteiger partial charge in [-0.3, -0.25) is 4.90 Å². The van der Waals surface area contributed by atoms with Gasteiger partial charge in [-0.05, 0) is 24.1 Å². The number of hydrogen-bond acceptors (Lipinski definition) is 5. The number of aromatic nitrogens is 3. The third-order valence-corrected chi connectivity index (χ3v) is 4.97. The molecule has 2 aliphatic rings. The van der Waals surface area contributed by atoms with Crippen LogP contribution in [0.4, 0.5) is 4.39 Å². The van der Waals surface area contributed by atoms with Gasteiger partial charge < -0.3 is 14.0 Å². The lowest BCUT2D eigenvalue weighted by molar-refractivity contribution is -0.0563. The van der Waals surface area contributed by atoms with Gasteiger partial charge in [-0.25, -0.2) is 4.39 Å². The van der Waals surface area contributed by atoms with E-state index in [1.165, 1.54) is 12.1 Å². The summed E-state index contributed by atoms with van der Waals surface area (Å²) in [5.41, 5.74) is 0.854. The SMILES string of the molecule is Fc1ccc(CN2CCOCC3(CC(Cn4cnnc4)CO3)C2)cc1. The first-order valence-electron chi connectivity index (χ1n) is 8.72. The molecule has 1 aromatic carbocycles. The van der Waals surface area contributed by atoms with E-state index in [0.29, 0.717) is 19.1 Å². The van der Waals surface area contributed by atoms with E-state index in [1.54, 1.807) is 12.7 Å². The van der Waals surface area contributed by atoms with E-state index in [2.05, 4.69) is 15.1 Å². The van der Waals surface area contributed by atoms with Crippen molar-refractivity contribution in [1.29, 1.82) is 0 Å². The molecule has 2 aromatic rings. The number of rotatable bonds is 4. The second kappa shape index (κ2) is 7.19. The van der Waals surface area contributed by atoms with E-state index in [0.717, 1.165) is 44.8 Å². The van der Waals surface area contributed by atoms with Crippen molar-refractivity contribution in [2.45, 2.75) is 25.1 Å². The zero-order chi connectivity index (χ0) is 17.1. The van der Waals surface area contributed by atoms with Gasteiger partial charge in [0.25, 0.3) is 0 Å². The van der Waals surface area contributed by atoms with Gasteiger partial charge in [0.2, 0.25) is 0 Å². The summed E-state index contributed by atoms with van der Waals surface area (Å²) in [4.78, 5) is 2.35. The molecule has 1 aromatic heterocycles. The second-order valence-electron chi connectivity index (χ2n) is 7.11. The molecule has 0 saturated carbocycles. The van der Waals surface area contributed by atoms with Crippen LogP contribution in [-0.4, -0.2) is 58.2 Å². The predicted octanol–water partition coefficient (Wildman–Crippen LogP) is 1.72. The minimum Gasteiger partial charge on any atom is -0.377 e. The fourth-order valence-corrected chi connectivity index (χ4v) is 3.85. The Labute approximate surface area is 146 Å². The Morgan fingerprint density at radius 1 is 1.20 bits per heavy atom. The van der Waals surface area contributed by atoms with Crippen LogP contribution in [-0.2, 0) is 22.6 Å². The van der Waals surface area contributed by atoms with Gasteiger partial charge in [0.15, 0.2) is 0 Å². The van der Waals surface area contributed by atoms with Crippen molar-refractivity contribution in [3.05, 3.63) is 48.3 Å². The van der Waals surface area contributed by atoms with Gasteiger partial charge in [0.1, 0.15) is 24.1 Å². The zero-order valence-corrected chi connectivity index (χ0v) is 14.2. The topological polar surface area (TPSA) is 52.4 Å². The Morgan fingerprint density at radius 2 is 2.00 bits per heavy atom. The van der Waals surface area contributed by atoms with Crippen LogP contribution >= 0.6 is 0 Å². The Kier molecular flexibility index (Phi) is 4.78. The normalized spacial score (nSPS) is 27.6. The van der Waals surface area contributed by atoms with Crippen molar-refractivity contribution >= 4 is 0 Å². The molecule has 25 heavy (non-hydrogen) atoms. The van der Waals surface area contributed by atoms with Crippen molar-refractivity contribution in [2.75, 3.05) is 32.9 Å². The van der Waals surface area contributed by atoms with Crippen LogP contribution in [0, 0.1) is 11.7 Å². The molecule has 0 aliphatic carbocycles. The molecular weight excluding hydrogens is 323 g/mol. The lowest BCUT2D eigenvalue weighted by Crippen LogP contribution is -2.43.